The second-order valence-electron chi connectivity index (χ2n) is 5.12. The lowest BCUT2D eigenvalue weighted by atomic mass is 10.1. The summed E-state index contributed by atoms with van der Waals surface area (Å²) in [6, 6.07) is 4.44. The van der Waals surface area contributed by atoms with Crippen LogP contribution in [0, 0.1) is 5.92 Å². The Hall–Kier alpha value is -0.740. The Morgan fingerprint density at radius 3 is 2.83 bits per heavy atom. The molecular weight excluding hydrogens is 294 g/mol. The molecule has 100 valence electrons. The number of hydrogen-bond acceptors (Lipinski definition) is 3. The molecule has 2 atom stereocenters. The zero-order valence-electron chi connectivity index (χ0n) is 10.9. The monoisotopic (exact) mass is 313 g/mol. The molecule has 0 aliphatic heterocycles. The minimum absolute atomic E-state index is 0.163. The van der Waals surface area contributed by atoms with E-state index in [0.29, 0.717) is 16.3 Å². The maximum atomic E-state index is 9.74. The first-order valence-corrected chi connectivity index (χ1v) is 7.18. The van der Waals surface area contributed by atoms with E-state index in [2.05, 4.69) is 28.2 Å². The van der Waals surface area contributed by atoms with Gasteiger partial charge in [0.05, 0.1) is 11.6 Å². The van der Waals surface area contributed by atoms with E-state index >= 15 is 0 Å². The molecule has 3 nitrogen and oxygen atoms in total. The van der Waals surface area contributed by atoms with Crippen LogP contribution >= 0.6 is 15.9 Å². The summed E-state index contributed by atoms with van der Waals surface area (Å²) in [5, 5.41) is 13.3. The number of phenolic OH excluding ortho intramolecular Hbond substituents is 1. The Kier molecular flexibility index (Phi) is 4.51. The Balaban J connectivity index is 1.99. The van der Waals surface area contributed by atoms with Gasteiger partial charge in [-0.1, -0.05) is 6.92 Å². The molecular formula is C14H20BrNO2. The van der Waals surface area contributed by atoms with Crippen molar-refractivity contribution >= 4 is 15.9 Å². The summed E-state index contributed by atoms with van der Waals surface area (Å²) in [5.74, 6) is 1.51. The number of phenols is 1. The molecule has 0 bridgehead atoms. The smallest absolute Gasteiger partial charge is 0.172 e. The van der Waals surface area contributed by atoms with Gasteiger partial charge in [0.1, 0.15) is 0 Å². The summed E-state index contributed by atoms with van der Waals surface area (Å²) in [6.07, 6.45) is 3.84. The van der Waals surface area contributed by atoms with Crippen molar-refractivity contribution in [1.82, 2.24) is 5.32 Å². The minimum Gasteiger partial charge on any atom is -0.503 e. The first-order chi connectivity index (χ1) is 8.60. The van der Waals surface area contributed by atoms with Crippen LogP contribution in [-0.4, -0.2) is 18.3 Å². The fraction of sp³-hybridized carbons (Fsp3) is 0.571. The number of methoxy groups -OCH3 is 1. The number of ether oxygens (including phenoxy) is 1. The highest BCUT2D eigenvalue weighted by Gasteiger charge is 2.20. The van der Waals surface area contributed by atoms with Gasteiger partial charge in [0.15, 0.2) is 11.5 Å². The van der Waals surface area contributed by atoms with Crippen molar-refractivity contribution < 1.29 is 9.84 Å². The SMILES string of the molecule is COc1cc(CNC2CCC(C)C2)cc(Br)c1O. The maximum absolute atomic E-state index is 9.74. The van der Waals surface area contributed by atoms with Gasteiger partial charge in [0.25, 0.3) is 0 Å². The molecule has 0 aromatic heterocycles. The van der Waals surface area contributed by atoms with Gasteiger partial charge >= 0.3 is 0 Å². The molecule has 0 amide bonds. The first kappa shape index (κ1) is 13.7. The van der Waals surface area contributed by atoms with Crippen LogP contribution in [0.25, 0.3) is 0 Å². The number of halogens is 1. The first-order valence-electron chi connectivity index (χ1n) is 6.39. The summed E-state index contributed by atoms with van der Waals surface area (Å²) in [5.41, 5.74) is 1.12. The van der Waals surface area contributed by atoms with Gasteiger partial charge in [-0.2, -0.15) is 0 Å². The van der Waals surface area contributed by atoms with E-state index in [0.717, 1.165) is 18.0 Å². The topological polar surface area (TPSA) is 41.5 Å². The molecule has 4 heteroatoms. The molecule has 2 N–H and O–H groups in total. The number of rotatable bonds is 4. The summed E-state index contributed by atoms with van der Waals surface area (Å²) in [4.78, 5) is 0. The third kappa shape index (κ3) is 3.18. The standard InChI is InChI=1S/C14H20BrNO2/c1-9-3-4-11(5-9)16-8-10-6-12(15)14(17)13(7-10)18-2/h6-7,9,11,16-17H,3-5,8H2,1-2H3. The molecule has 0 spiro atoms. The average Bonchev–Trinajstić information content (AvgIpc) is 2.76. The summed E-state index contributed by atoms with van der Waals surface area (Å²) in [7, 11) is 1.57. The van der Waals surface area contributed by atoms with Crippen LogP contribution in [-0.2, 0) is 6.54 Å². The Labute approximate surface area is 117 Å². The molecule has 2 unspecified atom stereocenters. The van der Waals surface area contributed by atoms with Crippen LogP contribution in [0.4, 0.5) is 0 Å². The Morgan fingerprint density at radius 2 is 2.22 bits per heavy atom. The van der Waals surface area contributed by atoms with Gasteiger partial charge in [-0.3, -0.25) is 0 Å². The van der Waals surface area contributed by atoms with Crippen molar-refractivity contribution in [1.29, 1.82) is 0 Å². The van der Waals surface area contributed by atoms with Gasteiger partial charge in [-0.15, -0.1) is 0 Å². The lowest BCUT2D eigenvalue weighted by molar-refractivity contribution is 0.371. The molecule has 1 aromatic carbocycles. The lowest BCUT2D eigenvalue weighted by Gasteiger charge is -2.14. The van der Waals surface area contributed by atoms with Crippen LogP contribution < -0.4 is 10.1 Å². The van der Waals surface area contributed by atoms with E-state index < -0.39 is 0 Å². The van der Waals surface area contributed by atoms with Crippen molar-refractivity contribution in [3.05, 3.63) is 22.2 Å². The van der Waals surface area contributed by atoms with E-state index in [-0.39, 0.29) is 5.75 Å². The van der Waals surface area contributed by atoms with Gasteiger partial charge in [0, 0.05) is 12.6 Å². The fourth-order valence-electron chi connectivity index (χ4n) is 2.54. The van der Waals surface area contributed by atoms with Crippen LogP contribution in [0.1, 0.15) is 31.7 Å². The predicted octanol–water partition coefficient (Wildman–Crippen LogP) is 3.44. The van der Waals surface area contributed by atoms with Gasteiger partial charge in [-0.05, 0) is 58.8 Å². The van der Waals surface area contributed by atoms with Crippen molar-refractivity contribution in [2.75, 3.05) is 7.11 Å². The molecule has 1 aliphatic rings. The van der Waals surface area contributed by atoms with Crippen molar-refractivity contribution in [3.63, 3.8) is 0 Å². The average molecular weight is 314 g/mol. The van der Waals surface area contributed by atoms with E-state index in [9.17, 15) is 5.11 Å². The molecule has 1 saturated carbocycles. The minimum atomic E-state index is 0.163. The molecule has 1 aromatic rings. The molecule has 1 fully saturated rings. The molecule has 0 radical (unpaired) electrons. The maximum Gasteiger partial charge on any atom is 0.172 e. The van der Waals surface area contributed by atoms with Gasteiger partial charge in [0.2, 0.25) is 0 Å². The summed E-state index contributed by atoms with van der Waals surface area (Å²) >= 11 is 3.34. The van der Waals surface area contributed by atoms with Gasteiger partial charge < -0.3 is 15.2 Å². The van der Waals surface area contributed by atoms with Crippen molar-refractivity contribution in [3.8, 4) is 11.5 Å². The predicted molar refractivity (Wildman–Crippen MR) is 76.0 cm³/mol. The Morgan fingerprint density at radius 1 is 1.44 bits per heavy atom. The molecule has 2 rings (SSSR count). The molecule has 18 heavy (non-hydrogen) atoms. The summed E-state index contributed by atoms with van der Waals surface area (Å²) in [6.45, 7) is 3.12. The molecule has 1 aliphatic carbocycles. The lowest BCUT2D eigenvalue weighted by Crippen LogP contribution is -2.25. The highest BCUT2D eigenvalue weighted by atomic mass is 79.9. The second-order valence-corrected chi connectivity index (χ2v) is 5.98. The molecule has 0 saturated heterocycles. The van der Waals surface area contributed by atoms with Gasteiger partial charge in [-0.25, -0.2) is 0 Å². The van der Waals surface area contributed by atoms with E-state index in [4.69, 9.17) is 4.74 Å². The third-order valence-electron chi connectivity index (χ3n) is 3.60. The number of aromatic hydroxyl groups is 1. The largest absolute Gasteiger partial charge is 0.503 e. The zero-order valence-corrected chi connectivity index (χ0v) is 12.5. The number of hydrogen-bond donors (Lipinski definition) is 2. The normalized spacial score (nSPS) is 23.3. The summed E-state index contributed by atoms with van der Waals surface area (Å²) < 4.78 is 5.83. The Bertz CT molecular complexity index is 423. The highest BCUT2D eigenvalue weighted by molar-refractivity contribution is 9.10. The number of nitrogens with one attached hydrogen (secondary N) is 1. The van der Waals surface area contributed by atoms with E-state index in [1.54, 1.807) is 7.11 Å². The molecule has 0 heterocycles. The van der Waals surface area contributed by atoms with E-state index in [1.807, 2.05) is 12.1 Å². The van der Waals surface area contributed by atoms with Crippen molar-refractivity contribution in [2.45, 2.75) is 38.8 Å². The van der Waals surface area contributed by atoms with Crippen LogP contribution in [0.3, 0.4) is 0 Å². The highest BCUT2D eigenvalue weighted by Crippen LogP contribution is 2.35. The number of benzene rings is 1. The quantitative estimate of drug-likeness (QED) is 0.894. The third-order valence-corrected chi connectivity index (χ3v) is 4.20. The zero-order chi connectivity index (χ0) is 13.1. The van der Waals surface area contributed by atoms with Crippen LogP contribution in [0.15, 0.2) is 16.6 Å². The van der Waals surface area contributed by atoms with Crippen molar-refractivity contribution in [2.24, 2.45) is 5.92 Å². The van der Waals surface area contributed by atoms with E-state index in [1.165, 1.54) is 19.3 Å². The van der Waals surface area contributed by atoms with Crippen LogP contribution in [0.5, 0.6) is 11.5 Å². The second kappa shape index (κ2) is 5.93. The fourth-order valence-corrected chi connectivity index (χ4v) is 3.03. The van der Waals surface area contributed by atoms with Crippen LogP contribution in [0.2, 0.25) is 0 Å².